The lowest BCUT2D eigenvalue weighted by Gasteiger charge is -2.22. The van der Waals surface area contributed by atoms with Gasteiger partial charge >= 0.3 is 0 Å². The second-order valence-electron chi connectivity index (χ2n) is 3.29. The highest BCUT2D eigenvalue weighted by atomic mass is 16.3. The van der Waals surface area contributed by atoms with Gasteiger partial charge in [-0.15, -0.1) is 0 Å². The van der Waals surface area contributed by atoms with Crippen LogP contribution in [0.4, 0.5) is 0 Å². The normalized spacial score (nSPS) is 14.5. The van der Waals surface area contributed by atoms with Crippen LogP contribution >= 0.6 is 0 Å². The minimum atomic E-state index is -0.863. The van der Waals surface area contributed by atoms with Crippen molar-refractivity contribution >= 4 is 5.91 Å². The topological polar surface area (TPSA) is 83.6 Å². The summed E-state index contributed by atoms with van der Waals surface area (Å²) >= 11 is 0. The number of primary amides is 1. The molecule has 1 atom stereocenters. The third-order valence-electron chi connectivity index (χ3n) is 1.62. The number of rotatable bonds is 4. The molecular weight excluding hydrogens is 146 g/mol. The summed E-state index contributed by atoms with van der Waals surface area (Å²) in [5.74, 6) is -0.468. The van der Waals surface area contributed by atoms with Gasteiger partial charge in [0.1, 0.15) is 0 Å². The molecular formula is C7H15NO3. The fourth-order valence-electron chi connectivity index (χ4n) is 0.754. The molecule has 0 spiro atoms. The van der Waals surface area contributed by atoms with Gasteiger partial charge in [0, 0.05) is 5.41 Å². The first-order valence-electron chi connectivity index (χ1n) is 3.49. The molecule has 0 aromatic carbocycles. The van der Waals surface area contributed by atoms with Crippen molar-refractivity contribution in [1.29, 1.82) is 0 Å². The predicted octanol–water partition coefficient (Wildman–Crippen LogP) is -0.759. The Hall–Kier alpha value is -0.610. The van der Waals surface area contributed by atoms with Crippen molar-refractivity contribution in [3.8, 4) is 0 Å². The SMILES string of the molecule is CC(C)(CC(O)CO)C(N)=O. The zero-order valence-corrected chi connectivity index (χ0v) is 6.87. The van der Waals surface area contributed by atoms with Crippen LogP contribution < -0.4 is 5.73 Å². The zero-order valence-electron chi connectivity index (χ0n) is 6.87. The molecule has 4 N–H and O–H groups in total. The molecule has 0 bridgehead atoms. The number of aliphatic hydroxyl groups is 2. The van der Waals surface area contributed by atoms with Gasteiger partial charge in [0.2, 0.25) is 5.91 Å². The molecule has 66 valence electrons. The van der Waals surface area contributed by atoms with E-state index in [9.17, 15) is 4.79 Å². The van der Waals surface area contributed by atoms with Crippen LogP contribution in [0.2, 0.25) is 0 Å². The van der Waals surface area contributed by atoms with Crippen molar-refractivity contribution in [3.05, 3.63) is 0 Å². The maximum atomic E-state index is 10.7. The van der Waals surface area contributed by atoms with E-state index in [-0.39, 0.29) is 13.0 Å². The Balaban J connectivity index is 4.01. The Morgan fingerprint density at radius 1 is 1.64 bits per heavy atom. The average Bonchev–Trinajstić information content (AvgIpc) is 1.86. The van der Waals surface area contributed by atoms with Crippen LogP contribution in [0.25, 0.3) is 0 Å². The van der Waals surface area contributed by atoms with Crippen molar-refractivity contribution in [2.45, 2.75) is 26.4 Å². The van der Waals surface area contributed by atoms with Gasteiger partial charge < -0.3 is 15.9 Å². The van der Waals surface area contributed by atoms with Crippen molar-refractivity contribution in [2.75, 3.05) is 6.61 Å². The van der Waals surface area contributed by atoms with Crippen LogP contribution in [0.15, 0.2) is 0 Å². The molecule has 0 heterocycles. The van der Waals surface area contributed by atoms with Crippen molar-refractivity contribution in [3.63, 3.8) is 0 Å². The third-order valence-corrected chi connectivity index (χ3v) is 1.62. The van der Waals surface area contributed by atoms with Crippen molar-refractivity contribution in [2.24, 2.45) is 11.1 Å². The molecule has 11 heavy (non-hydrogen) atoms. The van der Waals surface area contributed by atoms with Crippen LogP contribution in [0.5, 0.6) is 0 Å². The largest absolute Gasteiger partial charge is 0.394 e. The molecule has 0 aliphatic heterocycles. The lowest BCUT2D eigenvalue weighted by molar-refractivity contribution is -0.127. The van der Waals surface area contributed by atoms with E-state index in [0.717, 1.165) is 0 Å². The summed E-state index contributed by atoms with van der Waals surface area (Å²) in [5.41, 5.74) is 4.29. The van der Waals surface area contributed by atoms with Gasteiger partial charge in [-0.05, 0) is 6.42 Å². The summed E-state index contributed by atoms with van der Waals surface area (Å²) in [6.45, 7) is 2.93. The van der Waals surface area contributed by atoms with E-state index >= 15 is 0 Å². The Morgan fingerprint density at radius 2 is 2.09 bits per heavy atom. The van der Waals surface area contributed by atoms with Gasteiger partial charge in [-0.1, -0.05) is 13.8 Å². The number of aliphatic hydroxyl groups excluding tert-OH is 2. The number of amides is 1. The zero-order chi connectivity index (χ0) is 9.07. The van der Waals surface area contributed by atoms with E-state index in [0.29, 0.717) is 0 Å². The van der Waals surface area contributed by atoms with E-state index in [4.69, 9.17) is 15.9 Å². The maximum absolute atomic E-state index is 10.7. The molecule has 4 heteroatoms. The fourth-order valence-corrected chi connectivity index (χ4v) is 0.754. The van der Waals surface area contributed by atoms with Crippen molar-refractivity contribution in [1.82, 2.24) is 0 Å². The van der Waals surface area contributed by atoms with Crippen LogP contribution in [0, 0.1) is 5.41 Å². The summed E-state index contributed by atoms with van der Waals surface area (Å²) in [6, 6.07) is 0. The standard InChI is InChI=1S/C7H15NO3/c1-7(2,6(8)11)3-5(10)4-9/h5,9-10H,3-4H2,1-2H3,(H2,8,11). The van der Waals surface area contributed by atoms with Gasteiger partial charge in [-0.3, -0.25) is 4.79 Å². The summed E-state index contributed by atoms with van der Waals surface area (Å²) in [6.07, 6.45) is -0.670. The van der Waals surface area contributed by atoms with E-state index < -0.39 is 17.4 Å². The summed E-state index contributed by atoms with van der Waals surface area (Å²) in [5, 5.41) is 17.5. The van der Waals surface area contributed by atoms with E-state index in [1.165, 1.54) is 0 Å². The monoisotopic (exact) mass is 161 g/mol. The molecule has 0 aliphatic carbocycles. The molecule has 0 fully saturated rings. The highest BCUT2D eigenvalue weighted by Crippen LogP contribution is 2.21. The highest BCUT2D eigenvalue weighted by Gasteiger charge is 2.27. The van der Waals surface area contributed by atoms with Crippen LogP contribution in [-0.4, -0.2) is 28.8 Å². The van der Waals surface area contributed by atoms with Crippen molar-refractivity contribution < 1.29 is 15.0 Å². The van der Waals surface area contributed by atoms with Crippen LogP contribution in [0.1, 0.15) is 20.3 Å². The minimum absolute atomic E-state index is 0.193. The molecule has 1 amide bonds. The summed E-state index contributed by atoms with van der Waals surface area (Å²) in [7, 11) is 0. The number of carbonyl (C=O) groups is 1. The average molecular weight is 161 g/mol. The molecule has 0 rings (SSSR count). The molecule has 0 saturated carbocycles. The van der Waals surface area contributed by atoms with Crippen LogP contribution in [0.3, 0.4) is 0 Å². The van der Waals surface area contributed by atoms with E-state index in [1.54, 1.807) is 13.8 Å². The van der Waals surface area contributed by atoms with Gasteiger partial charge in [0.25, 0.3) is 0 Å². The summed E-state index contributed by atoms with van der Waals surface area (Å²) in [4.78, 5) is 10.7. The smallest absolute Gasteiger partial charge is 0.223 e. The quantitative estimate of drug-likeness (QED) is 0.507. The third kappa shape index (κ3) is 3.34. The van der Waals surface area contributed by atoms with E-state index in [2.05, 4.69) is 0 Å². The first-order chi connectivity index (χ1) is 4.90. The second-order valence-corrected chi connectivity index (χ2v) is 3.29. The minimum Gasteiger partial charge on any atom is -0.394 e. The Bertz CT molecular complexity index is 145. The maximum Gasteiger partial charge on any atom is 0.223 e. The van der Waals surface area contributed by atoms with Gasteiger partial charge in [-0.2, -0.15) is 0 Å². The van der Waals surface area contributed by atoms with Gasteiger partial charge in [-0.25, -0.2) is 0 Å². The lowest BCUT2D eigenvalue weighted by Crippen LogP contribution is -2.35. The predicted molar refractivity (Wildman–Crippen MR) is 40.7 cm³/mol. The first kappa shape index (κ1) is 10.4. The Morgan fingerprint density at radius 3 is 2.36 bits per heavy atom. The summed E-state index contributed by atoms with van der Waals surface area (Å²) < 4.78 is 0. The Labute approximate surface area is 66.0 Å². The highest BCUT2D eigenvalue weighted by molar-refractivity contribution is 5.79. The molecule has 0 radical (unpaired) electrons. The number of hydrogen-bond donors (Lipinski definition) is 3. The second kappa shape index (κ2) is 3.69. The van der Waals surface area contributed by atoms with Gasteiger partial charge in [0.05, 0.1) is 12.7 Å². The number of carbonyl (C=O) groups excluding carboxylic acids is 1. The number of nitrogens with two attached hydrogens (primary N) is 1. The molecule has 0 aromatic heterocycles. The molecule has 0 aliphatic rings. The Kier molecular flexibility index (Phi) is 3.48. The molecule has 4 nitrogen and oxygen atoms in total. The van der Waals surface area contributed by atoms with Crippen LogP contribution in [-0.2, 0) is 4.79 Å². The molecule has 0 saturated heterocycles. The van der Waals surface area contributed by atoms with Gasteiger partial charge in [0.15, 0.2) is 0 Å². The lowest BCUT2D eigenvalue weighted by atomic mass is 9.86. The molecule has 1 unspecified atom stereocenters. The number of hydrogen-bond acceptors (Lipinski definition) is 3. The fraction of sp³-hybridized carbons (Fsp3) is 0.857. The van der Waals surface area contributed by atoms with E-state index in [1.807, 2.05) is 0 Å². The first-order valence-corrected chi connectivity index (χ1v) is 3.49. The molecule has 0 aromatic rings.